The summed E-state index contributed by atoms with van der Waals surface area (Å²) in [4.78, 5) is 12.2. The van der Waals surface area contributed by atoms with E-state index >= 15 is 0 Å². The number of nitrogens with one attached hydrogen (secondary N) is 2. The Bertz CT molecular complexity index is 813. The van der Waals surface area contributed by atoms with Crippen molar-refractivity contribution in [2.45, 2.75) is 44.6 Å². The van der Waals surface area contributed by atoms with E-state index < -0.39 is 5.79 Å². The molecule has 1 aliphatic heterocycles. The topological polar surface area (TPSA) is 68.8 Å². The van der Waals surface area contributed by atoms with Crippen molar-refractivity contribution in [3.05, 3.63) is 53.6 Å². The second kappa shape index (κ2) is 7.48. The van der Waals surface area contributed by atoms with Crippen LogP contribution in [0.2, 0.25) is 0 Å². The van der Waals surface area contributed by atoms with Gasteiger partial charge < -0.3 is 24.8 Å². The zero-order chi connectivity index (χ0) is 18.7. The Labute approximate surface area is 158 Å². The highest BCUT2D eigenvalue weighted by Gasteiger charge is 2.44. The van der Waals surface area contributed by atoms with Crippen LogP contribution in [0.5, 0.6) is 11.5 Å². The number of urea groups is 1. The summed E-state index contributed by atoms with van der Waals surface area (Å²) in [7, 11) is 1.67. The van der Waals surface area contributed by atoms with E-state index in [1.807, 2.05) is 42.5 Å². The van der Waals surface area contributed by atoms with E-state index in [-0.39, 0.29) is 6.03 Å². The molecule has 0 saturated heterocycles. The van der Waals surface area contributed by atoms with Crippen LogP contribution in [0.1, 0.15) is 36.8 Å². The third-order valence-electron chi connectivity index (χ3n) is 4.95. The standard InChI is InChI=1S/C21H24N2O4/c1-25-14-16-6-4-15(5-7-16)13-22-20(24)23-17-8-9-18-19(12-17)27-21(26-18)10-2-3-11-21/h4-9,12H,2-3,10-11,13-14H2,1H3,(H2,22,23,24). The van der Waals surface area contributed by atoms with Crippen LogP contribution in [0.3, 0.4) is 0 Å². The molecule has 1 saturated carbocycles. The average molecular weight is 368 g/mol. The smallest absolute Gasteiger partial charge is 0.319 e. The lowest BCUT2D eigenvalue weighted by Gasteiger charge is -2.21. The fourth-order valence-corrected chi connectivity index (χ4v) is 3.57. The number of fused-ring (bicyclic) bond motifs is 1. The molecular weight excluding hydrogens is 344 g/mol. The van der Waals surface area contributed by atoms with Gasteiger partial charge in [-0.3, -0.25) is 0 Å². The zero-order valence-corrected chi connectivity index (χ0v) is 15.4. The summed E-state index contributed by atoms with van der Waals surface area (Å²) in [5.41, 5.74) is 2.81. The highest BCUT2D eigenvalue weighted by atomic mass is 16.7. The van der Waals surface area contributed by atoms with E-state index in [9.17, 15) is 4.79 Å². The van der Waals surface area contributed by atoms with Crippen LogP contribution >= 0.6 is 0 Å². The van der Waals surface area contributed by atoms with Crippen molar-refractivity contribution in [2.24, 2.45) is 0 Å². The first kappa shape index (κ1) is 17.7. The summed E-state index contributed by atoms with van der Waals surface area (Å²) in [5.74, 6) is 0.959. The summed E-state index contributed by atoms with van der Waals surface area (Å²) in [5, 5.41) is 5.71. The molecule has 4 rings (SSSR count). The van der Waals surface area contributed by atoms with Gasteiger partial charge in [-0.2, -0.15) is 0 Å². The van der Waals surface area contributed by atoms with E-state index in [0.717, 1.165) is 42.6 Å². The van der Waals surface area contributed by atoms with Crippen molar-refractivity contribution in [1.29, 1.82) is 0 Å². The minimum Gasteiger partial charge on any atom is -0.448 e. The van der Waals surface area contributed by atoms with Crippen LogP contribution in [0, 0.1) is 0 Å². The second-order valence-corrected chi connectivity index (χ2v) is 7.04. The largest absolute Gasteiger partial charge is 0.448 e. The Morgan fingerprint density at radius 1 is 1.04 bits per heavy atom. The maximum atomic E-state index is 12.2. The van der Waals surface area contributed by atoms with Gasteiger partial charge in [-0.1, -0.05) is 24.3 Å². The van der Waals surface area contributed by atoms with Gasteiger partial charge in [-0.25, -0.2) is 4.79 Å². The molecule has 27 heavy (non-hydrogen) atoms. The number of hydrogen-bond acceptors (Lipinski definition) is 4. The monoisotopic (exact) mass is 368 g/mol. The number of methoxy groups -OCH3 is 1. The highest BCUT2D eigenvalue weighted by Crippen LogP contribution is 2.47. The van der Waals surface area contributed by atoms with E-state index in [0.29, 0.717) is 24.6 Å². The summed E-state index contributed by atoms with van der Waals surface area (Å²) in [6, 6.07) is 13.2. The maximum Gasteiger partial charge on any atom is 0.319 e. The third kappa shape index (κ3) is 4.01. The Morgan fingerprint density at radius 2 is 1.74 bits per heavy atom. The molecule has 1 spiro atoms. The van der Waals surface area contributed by atoms with Crippen molar-refractivity contribution < 1.29 is 19.0 Å². The molecule has 6 heteroatoms. The van der Waals surface area contributed by atoms with Crippen molar-refractivity contribution in [2.75, 3.05) is 12.4 Å². The summed E-state index contributed by atoms with van der Waals surface area (Å²) < 4.78 is 17.1. The molecule has 0 unspecified atom stereocenters. The molecule has 0 radical (unpaired) electrons. The van der Waals surface area contributed by atoms with Gasteiger partial charge in [0.2, 0.25) is 0 Å². The summed E-state index contributed by atoms with van der Waals surface area (Å²) >= 11 is 0. The number of carbonyl (C=O) groups is 1. The Morgan fingerprint density at radius 3 is 2.48 bits per heavy atom. The van der Waals surface area contributed by atoms with Crippen LogP contribution in [0.15, 0.2) is 42.5 Å². The SMILES string of the molecule is COCc1ccc(CNC(=O)Nc2ccc3c(c2)OC2(CCCC2)O3)cc1. The van der Waals surface area contributed by atoms with Crippen LogP contribution in [0.4, 0.5) is 10.5 Å². The predicted octanol–water partition coefficient (Wildman–Crippen LogP) is 4.20. The summed E-state index contributed by atoms with van der Waals surface area (Å²) in [6.45, 7) is 1.03. The fraction of sp³-hybridized carbons (Fsp3) is 0.381. The van der Waals surface area contributed by atoms with E-state index in [4.69, 9.17) is 14.2 Å². The van der Waals surface area contributed by atoms with Gasteiger partial charge in [0, 0.05) is 38.2 Å². The van der Waals surface area contributed by atoms with Crippen molar-refractivity contribution in [1.82, 2.24) is 5.32 Å². The number of carbonyl (C=O) groups excluding carboxylic acids is 1. The van der Waals surface area contributed by atoms with E-state index in [1.54, 1.807) is 7.11 Å². The molecule has 142 valence electrons. The number of anilines is 1. The number of rotatable bonds is 5. The Balaban J connectivity index is 1.31. The van der Waals surface area contributed by atoms with Crippen molar-refractivity contribution in [3.8, 4) is 11.5 Å². The van der Waals surface area contributed by atoms with Crippen LogP contribution < -0.4 is 20.1 Å². The predicted molar refractivity (Wildman–Crippen MR) is 102 cm³/mol. The molecule has 2 aromatic carbocycles. The number of hydrogen-bond donors (Lipinski definition) is 2. The van der Waals surface area contributed by atoms with E-state index in [2.05, 4.69) is 10.6 Å². The van der Waals surface area contributed by atoms with Gasteiger partial charge in [0.1, 0.15) is 0 Å². The zero-order valence-electron chi connectivity index (χ0n) is 15.4. The minimum absolute atomic E-state index is 0.259. The molecule has 0 bridgehead atoms. The molecule has 2 aliphatic rings. The first-order chi connectivity index (χ1) is 13.2. The van der Waals surface area contributed by atoms with Gasteiger partial charge in [0.25, 0.3) is 5.79 Å². The van der Waals surface area contributed by atoms with Gasteiger partial charge in [0.15, 0.2) is 11.5 Å². The fourth-order valence-electron chi connectivity index (χ4n) is 3.57. The van der Waals surface area contributed by atoms with Crippen LogP contribution in [-0.4, -0.2) is 18.9 Å². The lowest BCUT2D eigenvalue weighted by molar-refractivity contribution is -0.0716. The molecule has 1 heterocycles. The second-order valence-electron chi connectivity index (χ2n) is 7.04. The van der Waals surface area contributed by atoms with Crippen molar-refractivity contribution >= 4 is 11.7 Å². The molecule has 0 atom stereocenters. The number of benzene rings is 2. The van der Waals surface area contributed by atoms with Crippen LogP contribution in [-0.2, 0) is 17.9 Å². The molecule has 1 fully saturated rings. The molecule has 1 aliphatic carbocycles. The molecule has 0 aromatic heterocycles. The van der Waals surface area contributed by atoms with Gasteiger partial charge in [0.05, 0.1) is 6.61 Å². The molecule has 6 nitrogen and oxygen atoms in total. The molecule has 2 aromatic rings. The average Bonchev–Trinajstić information content (AvgIpc) is 3.27. The van der Waals surface area contributed by atoms with Gasteiger partial charge >= 0.3 is 6.03 Å². The van der Waals surface area contributed by atoms with Gasteiger partial charge in [-0.05, 0) is 36.1 Å². The molecule has 2 N–H and O–H groups in total. The van der Waals surface area contributed by atoms with Crippen molar-refractivity contribution in [3.63, 3.8) is 0 Å². The van der Waals surface area contributed by atoms with Crippen LogP contribution in [0.25, 0.3) is 0 Å². The first-order valence-corrected chi connectivity index (χ1v) is 9.29. The molecule has 2 amide bonds. The highest BCUT2D eigenvalue weighted by molar-refractivity contribution is 5.89. The quantitative estimate of drug-likeness (QED) is 0.830. The number of ether oxygens (including phenoxy) is 3. The normalized spacial score (nSPS) is 16.5. The lowest BCUT2D eigenvalue weighted by Crippen LogP contribution is -2.34. The Kier molecular flexibility index (Phi) is 4.90. The minimum atomic E-state index is -0.488. The lowest BCUT2D eigenvalue weighted by atomic mass is 10.1. The third-order valence-corrected chi connectivity index (χ3v) is 4.95. The molecular formula is C21H24N2O4. The maximum absolute atomic E-state index is 12.2. The number of amides is 2. The summed E-state index contributed by atoms with van der Waals surface area (Å²) in [6.07, 6.45) is 4.06. The van der Waals surface area contributed by atoms with E-state index in [1.165, 1.54) is 0 Å². The Hall–Kier alpha value is -2.73. The van der Waals surface area contributed by atoms with Gasteiger partial charge in [-0.15, -0.1) is 0 Å². The first-order valence-electron chi connectivity index (χ1n) is 9.29.